The molecule has 1 aromatic carbocycles. The average molecular weight is 498 g/mol. The Morgan fingerprint density at radius 2 is 1.34 bits per heavy atom. The number of ether oxygens (including phenoxy) is 6. The van der Waals surface area contributed by atoms with E-state index in [0.717, 1.165) is 0 Å². The monoisotopic (exact) mass is 497 g/mol. The van der Waals surface area contributed by atoms with Crippen molar-refractivity contribution in [2.75, 3.05) is 19.8 Å². The van der Waals surface area contributed by atoms with Crippen molar-refractivity contribution < 1.29 is 47.6 Å². The number of carbonyl (C=O) groups is 4. The molecule has 0 heterocycles. The maximum Gasteiger partial charge on any atom is 0.513 e. The Balaban J connectivity index is 2.93. The first-order valence-electron chi connectivity index (χ1n) is 11.3. The molecule has 0 aliphatic carbocycles. The van der Waals surface area contributed by atoms with Gasteiger partial charge >= 0.3 is 24.2 Å². The van der Waals surface area contributed by atoms with Crippen LogP contribution in [0.5, 0.6) is 11.5 Å². The molecule has 0 aliphatic heterocycles. The first-order chi connectivity index (χ1) is 16.4. The smallest absolute Gasteiger partial charge is 0.462 e. The quantitative estimate of drug-likeness (QED) is 0.257. The highest BCUT2D eigenvalue weighted by Crippen LogP contribution is 2.30. The predicted molar refractivity (Wildman–Crippen MR) is 124 cm³/mol. The van der Waals surface area contributed by atoms with Gasteiger partial charge in [0.15, 0.2) is 11.5 Å². The van der Waals surface area contributed by atoms with Crippen LogP contribution in [0.4, 0.5) is 9.59 Å². The first-order valence-corrected chi connectivity index (χ1v) is 11.3. The van der Waals surface area contributed by atoms with Gasteiger partial charge in [0.05, 0.1) is 13.2 Å². The normalized spacial score (nSPS) is 12.5. The predicted octanol–water partition coefficient (Wildman–Crippen LogP) is 3.39. The third-order valence-electron chi connectivity index (χ3n) is 4.06. The molecule has 11 nitrogen and oxygen atoms in total. The fourth-order valence-electron chi connectivity index (χ4n) is 2.44. The molecule has 0 saturated heterocycles. The summed E-state index contributed by atoms with van der Waals surface area (Å²) in [5, 5.41) is 0. The average Bonchev–Trinajstić information content (AvgIpc) is 2.76. The number of benzene rings is 1. The van der Waals surface area contributed by atoms with E-state index in [4.69, 9.17) is 34.2 Å². The van der Waals surface area contributed by atoms with Gasteiger partial charge in [-0.2, -0.15) is 0 Å². The van der Waals surface area contributed by atoms with Crippen LogP contribution in [-0.4, -0.2) is 56.2 Å². The van der Waals surface area contributed by atoms with Crippen molar-refractivity contribution in [3.05, 3.63) is 23.8 Å². The molecule has 0 unspecified atom stereocenters. The lowest BCUT2D eigenvalue weighted by atomic mass is 10.1. The van der Waals surface area contributed by atoms with E-state index >= 15 is 0 Å². The summed E-state index contributed by atoms with van der Waals surface area (Å²) in [7, 11) is 0. The van der Waals surface area contributed by atoms with Crippen molar-refractivity contribution in [3.8, 4) is 11.5 Å². The molecule has 2 N–H and O–H groups in total. The minimum absolute atomic E-state index is 0.0224. The summed E-state index contributed by atoms with van der Waals surface area (Å²) in [6, 6.07) is 3.28. The number of esters is 2. The molecular formula is C24H35NO10. The minimum atomic E-state index is -1.06. The molecule has 35 heavy (non-hydrogen) atoms. The lowest BCUT2D eigenvalue weighted by Crippen LogP contribution is -2.37. The Labute approximate surface area is 205 Å². The van der Waals surface area contributed by atoms with Gasteiger partial charge in [-0.3, -0.25) is 9.59 Å². The van der Waals surface area contributed by atoms with Gasteiger partial charge in [-0.25, -0.2) is 9.59 Å². The van der Waals surface area contributed by atoms with Crippen molar-refractivity contribution in [1.82, 2.24) is 0 Å². The van der Waals surface area contributed by atoms with Gasteiger partial charge in [0, 0.05) is 6.92 Å². The van der Waals surface area contributed by atoms with Crippen LogP contribution in [-0.2, 0) is 35.0 Å². The van der Waals surface area contributed by atoms with E-state index in [0.29, 0.717) is 5.56 Å². The molecule has 196 valence electrons. The molecule has 0 aliphatic rings. The summed E-state index contributed by atoms with van der Waals surface area (Å²) in [6.07, 6.45) is -2.61. The standard InChI is InChI=1S/C24H35NO10/c1-14(2)11-31-23(28)34-20-8-7-18(10-21(20)35-24(29)32-12-15(3)4)9-19(25)22(27)33-16(5)13-30-17(6)26/h7-8,10,14-16,19H,9,11-13,25H2,1-6H3/t16-,19+/m1/s1. The SMILES string of the molecule is CC(=O)OC[C@@H](C)OC(=O)[C@@H](N)Cc1ccc(OC(=O)OCC(C)C)c(OC(=O)OCC(C)C)c1. The number of hydrogen-bond acceptors (Lipinski definition) is 11. The van der Waals surface area contributed by atoms with Gasteiger partial charge in [0.25, 0.3) is 0 Å². The van der Waals surface area contributed by atoms with E-state index in [1.165, 1.54) is 19.1 Å². The second-order valence-corrected chi connectivity index (χ2v) is 8.76. The maximum absolute atomic E-state index is 12.3. The van der Waals surface area contributed by atoms with Crippen LogP contribution >= 0.6 is 0 Å². The summed E-state index contributed by atoms with van der Waals surface area (Å²) in [5.41, 5.74) is 6.45. The highest BCUT2D eigenvalue weighted by atomic mass is 16.7. The van der Waals surface area contributed by atoms with Gasteiger partial charge in [0.2, 0.25) is 0 Å². The third-order valence-corrected chi connectivity index (χ3v) is 4.06. The molecule has 0 saturated carbocycles. The van der Waals surface area contributed by atoms with E-state index < -0.39 is 36.4 Å². The second kappa shape index (κ2) is 14.8. The van der Waals surface area contributed by atoms with Gasteiger partial charge in [-0.05, 0) is 42.9 Å². The van der Waals surface area contributed by atoms with E-state index in [2.05, 4.69) is 0 Å². The van der Waals surface area contributed by atoms with Crippen LogP contribution < -0.4 is 15.2 Å². The largest absolute Gasteiger partial charge is 0.513 e. The van der Waals surface area contributed by atoms with Gasteiger partial charge in [-0.1, -0.05) is 33.8 Å². The number of rotatable bonds is 12. The Bertz CT molecular complexity index is 868. The van der Waals surface area contributed by atoms with Gasteiger partial charge in [0.1, 0.15) is 18.8 Å². The van der Waals surface area contributed by atoms with Crippen LogP contribution in [0.15, 0.2) is 18.2 Å². The lowest BCUT2D eigenvalue weighted by molar-refractivity contribution is -0.157. The molecule has 0 radical (unpaired) electrons. The lowest BCUT2D eigenvalue weighted by Gasteiger charge is -2.17. The molecule has 0 amide bonds. The summed E-state index contributed by atoms with van der Waals surface area (Å²) >= 11 is 0. The van der Waals surface area contributed by atoms with Crippen molar-refractivity contribution in [2.45, 2.75) is 60.1 Å². The minimum Gasteiger partial charge on any atom is -0.462 e. The zero-order valence-electron chi connectivity index (χ0n) is 21.0. The van der Waals surface area contributed by atoms with Crippen molar-refractivity contribution >= 4 is 24.2 Å². The molecule has 2 atom stereocenters. The molecule has 0 spiro atoms. The Kier molecular flexibility index (Phi) is 12.6. The molecule has 0 aromatic heterocycles. The van der Waals surface area contributed by atoms with Crippen molar-refractivity contribution in [2.24, 2.45) is 17.6 Å². The highest BCUT2D eigenvalue weighted by Gasteiger charge is 2.22. The zero-order valence-corrected chi connectivity index (χ0v) is 21.0. The summed E-state index contributed by atoms with van der Waals surface area (Å²) in [5.74, 6) is -1.20. The van der Waals surface area contributed by atoms with E-state index in [1.54, 1.807) is 13.0 Å². The molecule has 0 fully saturated rings. The Morgan fingerprint density at radius 3 is 1.86 bits per heavy atom. The molecule has 1 aromatic rings. The molecular weight excluding hydrogens is 462 g/mol. The fourth-order valence-corrected chi connectivity index (χ4v) is 2.44. The fraction of sp³-hybridized carbons (Fsp3) is 0.583. The zero-order chi connectivity index (χ0) is 26.5. The summed E-state index contributed by atoms with van der Waals surface area (Å²) in [4.78, 5) is 47.2. The van der Waals surface area contributed by atoms with Crippen LogP contribution in [0.25, 0.3) is 0 Å². The van der Waals surface area contributed by atoms with Crippen LogP contribution in [0.1, 0.15) is 47.1 Å². The van der Waals surface area contributed by atoms with Gasteiger partial charge in [-0.15, -0.1) is 0 Å². The van der Waals surface area contributed by atoms with E-state index in [9.17, 15) is 19.2 Å². The summed E-state index contributed by atoms with van der Waals surface area (Å²) < 4.78 is 30.4. The molecule has 0 bridgehead atoms. The topological polar surface area (TPSA) is 150 Å². The number of hydrogen-bond donors (Lipinski definition) is 1. The molecule has 1 rings (SSSR count). The van der Waals surface area contributed by atoms with Gasteiger partial charge < -0.3 is 34.2 Å². The highest BCUT2D eigenvalue weighted by molar-refractivity contribution is 5.76. The maximum atomic E-state index is 12.3. The number of nitrogens with two attached hydrogens (primary N) is 1. The molecule has 11 heteroatoms. The van der Waals surface area contributed by atoms with Crippen LogP contribution in [0, 0.1) is 11.8 Å². The Hall–Kier alpha value is -3.34. The van der Waals surface area contributed by atoms with E-state index in [1.807, 2.05) is 27.7 Å². The van der Waals surface area contributed by atoms with Crippen LogP contribution in [0.3, 0.4) is 0 Å². The van der Waals surface area contributed by atoms with E-state index in [-0.39, 0.29) is 49.6 Å². The van der Waals surface area contributed by atoms with Crippen LogP contribution in [0.2, 0.25) is 0 Å². The second-order valence-electron chi connectivity index (χ2n) is 8.76. The summed E-state index contributed by atoms with van der Waals surface area (Å²) in [6.45, 7) is 10.5. The number of carbonyl (C=O) groups excluding carboxylic acids is 4. The third kappa shape index (κ3) is 12.6. The first kappa shape index (κ1) is 29.7. The van der Waals surface area contributed by atoms with Crippen molar-refractivity contribution in [3.63, 3.8) is 0 Å². The van der Waals surface area contributed by atoms with Crippen molar-refractivity contribution in [1.29, 1.82) is 0 Å². The Morgan fingerprint density at radius 1 is 0.800 bits per heavy atom.